The number of amides is 2. The first-order valence-electron chi connectivity index (χ1n) is 6.37. The summed E-state index contributed by atoms with van der Waals surface area (Å²) in [6.45, 7) is 7.17. The van der Waals surface area contributed by atoms with Crippen LogP contribution in [0.3, 0.4) is 0 Å². The van der Waals surface area contributed by atoms with Crippen molar-refractivity contribution in [2.24, 2.45) is 0 Å². The standard InChI is InChI=1S/C12H19N5O2/c1-12(2,3)11-14-9(15-16-11)10(19)17-6-4-5-13-8(18)7-17/h4-7H2,1-3H3,(H,13,18)(H,14,15,16). The number of H-pyrrole nitrogens is 1. The summed E-state index contributed by atoms with van der Waals surface area (Å²) in [4.78, 5) is 29.4. The number of carbonyl (C=O) groups is 2. The van der Waals surface area contributed by atoms with Gasteiger partial charge in [-0.3, -0.25) is 14.7 Å². The van der Waals surface area contributed by atoms with E-state index in [0.29, 0.717) is 18.9 Å². The van der Waals surface area contributed by atoms with Gasteiger partial charge in [0.2, 0.25) is 11.7 Å². The van der Waals surface area contributed by atoms with Crippen molar-refractivity contribution in [3.05, 3.63) is 11.6 Å². The van der Waals surface area contributed by atoms with Crippen LogP contribution in [0.25, 0.3) is 0 Å². The second kappa shape index (κ2) is 4.99. The number of rotatable bonds is 1. The highest BCUT2D eigenvalue weighted by Crippen LogP contribution is 2.17. The molecule has 1 aliphatic rings. The van der Waals surface area contributed by atoms with E-state index < -0.39 is 0 Å². The smallest absolute Gasteiger partial charge is 0.293 e. The molecule has 104 valence electrons. The van der Waals surface area contributed by atoms with Gasteiger partial charge in [0.25, 0.3) is 5.91 Å². The Morgan fingerprint density at radius 2 is 2.11 bits per heavy atom. The minimum Gasteiger partial charge on any atom is -0.354 e. The summed E-state index contributed by atoms with van der Waals surface area (Å²) < 4.78 is 0. The maximum atomic E-state index is 12.2. The quantitative estimate of drug-likeness (QED) is 0.751. The van der Waals surface area contributed by atoms with Gasteiger partial charge in [0.05, 0.1) is 6.54 Å². The second-order valence-electron chi connectivity index (χ2n) is 5.69. The lowest BCUT2D eigenvalue weighted by Crippen LogP contribution is -2.37. The molecule has 0 radical (unpaired) electrons. The highest BCUT2D eigenvalue weighted by molar-refractivity contribution is 5.93. The molecule has 0 saturated carbocycles. The Morgan fingerprint density at radius 3 is 2.74 bits per heavy atom. The zero-order valence-electron chi connectivity index (χ0n) is 11.5. The molecule has 0 spiro atoms. The molecule has 0 aliphatic carbocycles. The first-order valence-corrected chi connectivity index (χ1v) is 6.37. The van der Waals surface area contributed by atoms with Crippen LogP contribution in [0.1, 0.15) is 43.6 Å². The van der Waals surface area contributed by atoms with E-state index in [9.17, 15) is 9.59 Å². The van der Waals surface area contributed by atoms with Crippen LogP contribution in [-0.2, 0) is 10.2 Å². The molecule has 0 aromatic carbocycles. The lowest BCUT2D eigenvalue weighted by Gasteiger charge is -2.17. The molecule has 0 unspecified atom stereocenters. The molecule has 1 aliphatic heterocycles. The summed E-state index contributed by atoms with van der Waals surface area (Å²) in [6.07, 6.45) is 0.744. The first kappa shape index (κ1) is 13.5. The Bertz CT molecular complexity index is 489. The average molecular weight is 265 g/mol. The van der Waals surface area contributed by atoms with E-state index in [1.54, 1.807) is 0 Å². The zero-order chi connectivity index (χ0) is 14.0. The first-order chi connectivity index (χ1) is 8.88. The number of aromatic nitrogens is 3. The van der Waals surface area contributed by atoms with Gasteiger partial charge in [0, 0.05) is 18.5 Å². The molecule has 1 aromatic rings. The van der Waals surface area contributed by atoms with E-state index in [-0.39, 0.29) is 29.6 Å². The summed E-state index contributed by atoms with van der Waals surface area (Å²) in [5.41, 5.74) is -0.193. The minimum atomic E-state index is -0.302. The van der Waals surface area contributed by atoms with Crippen LogP contribution in [0.15, 0.2) is 0 Å². The molecule has 0 bridgehead atoms. The molecule has 2 N–H and O–H groups in total. The molecule has 1 fully saturated rings. The van der Waals surface area contributed by atoms with Gasteiger partial charge < -0.3 is 10.2 Å². The van der Waals surface area contributed by atoms with Crippen LogP contribution in [0, 0.1) is 0 Å². The Morgan fingerprint density at radius 1 is 1.37 bits per heavy atom. The van der Waals surface area contributed by atoms with Crippen LogP contribution < -0.4 is 5.32 Å². The van der Waals surface area contributed by atoms with Gasteiger partial charge in [-0.1, -0.05) is 20.8 Å². The van der Waals surface area contributed by atoms with Gasteiger partial charge in [-0.05, 0) is 6.42 Å². The van der Waals surface area contributed by atoms with Gasteiger partial charge in [-0.15, -0.1) is 5.10 Å². The molecule has 2 amide bonds. The summed E-state index contributed by atoms with van der Waals surface area (Å²) in [5, 5.41) is 9.47. The number of hydrogen-bond acceptors (Lipinski definition) is 4. The summed E-state index contributed by atoms with van der Waals surface area (Å²) in [7, 11) is 0. The number of nitrogens with one attached hydrogen (secondary N) is 2. The fraction of sp³-hybridized carbons (Fsp3) is 0.667. The highest BCUT2D eigenvalue weighted by atomic mass is 16.2. The van der Waals surface area contributed by atoms with Crippen LogP contribution in [0.2, 0.25) is 0 Å². The van der Waals surface area contributed by atoms with Crippen molar-refractivity contribution in [3.63, 3.8) is 0 Å². The van der Waals surface area contributed by atoms with E-state index in [1.807, 2.05) is 20.8 Å². The summed E-state index contributed by atoms with van der Waals surface area (Å²) in [6, 6.07) is 0. The fourth-order valence-corrected chi connectivity index (χ4v) is 1.81. The monoisotopic (exact) mass is 265 g/mol. The molecular weight excluding hydrogens is 246 g/mol. The fourth-order valence-electron chi connectivity index (χ4n) is 1.81. The van der Waals surface area contributed by atoms with Gasteiger partial charge in [-0.25, -0.2) is 4.98 Å². The predicted octanol–water partition coefficient (Wildman–Crippen LogP) is 0.0643. The second-order valence-corrected chi connectivity index (χ2v) is 5.69. The lowest BCUT2D eigenvalue weighted by molar-refractivity contribution is -0.121. The van der Waals surface area contributed by atoms with Gasteiger partial charge >= 0.3 is 0 Å². The third-order valence-electron chi connectivity index (χ3n) is 2.94. The highest BCUT2D eigenvalue weighted by Gasteiger charge is 2.26. The van der Waals surface area contributed by atoms with Crippen molar-refractivity contribution in [2.45, 2.75) is 32.6 Å². The molecule has 2 heterocycles. The molecule has 1 saturated heterocycles. The van der Waals surface area contributed by atoms with E-state index in [2.05, 4.69) is 20.5 Å². The Balaban J connectivity index is 2.14. The maximum Gasteiger partial charge on any atom is 0.293 e. The number of carbonyl (C=O) groups excluding carboxylic acids is 2. The average Bonchev–Trinajstić information content (AvgIpc) is 2.72. The van der Waals surface area contributed by atoms with Gasteiger partial charge in [0.1, 0.15) is 5.82 Å². The van der Waals surface area contributed by atoms with Crippen LogP contribution in [0.5, 0.6) is 0 Å². The Kier molecular flexibility index (Phi) is 3.55. The molecule has 2 rings (SSSR count). The number of hydrogen-bond donors (Lipinski definition) is 2. The van der Waals surface area contributed by atoms with E-state index in [0.717, 1.165) is 6.42 Å². The Hall–Kier alpha value is -1.92. The third-order valence-corrected chi connectivity index (χ3v) is 2.94. The van der Waals surface area contributed by atoms with Crippen LogP contribution >= 0.6 is 0 Å². The van der Waals surface area contributed by atoms with Crippen molar-refractivity contribution in [3.8, 4) is 0 Å². The predicted molar refractivity (Wildman–Crippen MR) is 68.6 cm³/mol. The molecule has 1 aromatic heterocycles. The third kappa shape index (κ3) is 3.10. The SMILES string of the molecule is CC(C)(C)c1nc(C(=O)N2CCCNC(=O)C2)n[nH]1. The van der Waals surface area contributed by atoms with Crippen molar-refractivity contribution >= 4 is 11.8 Å². The summed E-state index contributed by atoms with van der Waals surface area (Å²) in [5.74, 6) is 0.343. The molecule has 19 heavy (non-hydrogen) atoms. The van der Waals surface area contributed by atoms with E-state index >= 15 is 0 Å². The van der Waals surface area contributed by atoms with Gasteiger partial charge in [-0.2, -0.15) is 0 Å². The van der Waals surface area contributed by atoms with Crippen molar-refractivity contribution in [1.82, 2.24) is 25.4 Å². The minimum absolute atomic E-state index is 0.0677. The van der Waals surface area contributed by atoms with Crippen molar-refractivity contribution in [2.75, 3.05) is 19.6 Å². The maximum absolute atomic E-state index is 12.2. The Labute approximate surface area is 111 Å². The number of nitrogens with zero attached hydrogens (tertiary/aromatic N) is 3. The van der Waals surface area contributed by atoms with Crippen LogP contribution in [-0.4, -0.2) is 51.5 Å². The number of aromatic amines is 1. The van der Waals surface area contributed by atoms with Crippen LogP contribution in [0.4, 0.5) is 0 Å². The zero-order valence-corrected chi connectivity index (χ0v) is 11.5. The lowest BCUT2D eigenvalue weighted by atomic mass is 9.96. The normalized spacial score (nSPS) is 17.0. The van der Waals surface area contributed by atoms with E-state index in [1.165, 1.54) is 4.90 Å². The topological polar surface area (TPSA) is 91.0 Å². The largest absolute Gasteiger partial charge is 0.354 e. The molecule has 7 nitrogen and oxygen atoms in total. The van der Waals surface area contributed by atoms with Crippen molar-refractivity contribution in [1.29, 1.82) is 0 Å². The molecular formula is C12H19N5O2. The molecule has 0 atom stereocenters. The van der Waals surface area contributed by atoms with E-state index in [4.69, 9.17) is 0 Å². The van der Waals surface area contributed by atoms with Gasteiger partial charge in [0.15, 0.2) is 0 Å². The van der Waals surface area contributed by atoms with Crippen molar-refractivity contribution < 1.29 is 9.59 Å². The molecule has 7 heteroatoms. The summed E-state index contributed by atoms with van der Waals surface area (Å²) >= 11 is 0.